The minimum atomic E-state index is -0.290. The van der Waals surface area contributed by atoms with Crippen LogP contribution in [0.4, 0.5) is 0 Å². The van der Waals surface area contributed by atoms with Gasteiger partial charge in [0.05, 0.1) is 17.9 Å². The number of aromatic amines is 1. The van der Waals surface area contributed by atoms with Crippen LogP contribution in [-0.4, -0.2) is 22.5 Å². The molecule has 0 atom stereocenters. The van der Waals surface area contributed by atoms with Gasteiger partial charge >= 0.3 is 5.97 Å². The SMILES string of the molecule is CCOC(=O)c1cc(-c2ccnc(C=Cc3ccccc3)c2)[nH]c1C(C)C. The van der Waals surface area contributed by atoms with E-state index in [0.29, 0.717) is 12.2 Å². The van der Waals surface area contributed by atoms with Gasteiger partial charge in [0.2, 0.25) is 0 Å². The van der Waals surface area contributed by atoms with Crippen molar-refractivity contribution in [2.75, 3.05) is 6.61 Å². The summed E-state index contributed by atoms with van der Waals surface area (Å²) in [7, 11) is 0. The van der Waals surface area contributed by atoms with E-state index in [0.717, 1.165) is 28.2 Å². The molecule has 1 N–H and O–H groups in total. The van der Waals surface area contributed by atoms with Crippen molar-refractivity contribution in [3.63, 3.8) is 0 Å². The molecule has 0 aliphatic carbocycles. The van der Waals surface area contributed by atoms with Crippen LogP contribution in [-0.2, 0) is 4.74 Å². The van der Waals surface area contributed by atoms with Gasteiger partial charge in [-0.15, -0.1) is 0 Å². The monoisotopic (exact) mass is 360 g/mol. The van der Waals surface area contributed by atoms with Crippen molar-refractivity contribution in [2.24, 2.45) is 0 Å². The van der Waals surface area contributed by atoms with E-state index >= 15 is 0 Å². The van der Waals surface area contributed by atoms with Crippen molar-refractivity contribution in [1.29, 1.82) is 0 Å². The minimum Gasteiger partial charge on any atom is -0.462 e. The normalized spacial score (nSPS) is 11.3. The van der Waals surface area contributed by atoms with E-state index in [1.807, 2.05) is 67.6 Å². The Morgan fingerprint density at radius 3 is 2.63 bits per heavy atom. The smallest absolute Gasteiger partial charge is 0.339 e. The summed E-state index contributed by atoms with van der Waals surface area (Å²) in [6.07, 6.45) is 5.79. The number of carbonyl (C=O) groups excluding carboxylic acids is 1. The number of hydrogen-bond acceptors (Lipinski definition) is 3. The molecule has 1 aromatic carbocycles. The summed E-state index contributed by atoms with van der Waals surface area (Å²) in [6.45, 7) is 6.28. The van der Waals surface area contributed by atoms with Gasteiger partial charge < -0.3 is 9.72 Å². The largest absolute Gasteiger partial charge is 0.462 e. The zero-order valence-corrected chi connectivity index (χ0v) is 15.9. The second-order valence-corrected chi connectivity index (χ2v) is 6.60. The first-order valence-electron chi connectivity index (χ1n) is 9.18. The summed E-state index contributed by atoms with van der Waals surface area (Å²) in [5.41, 5.74) is 5.33. The van der Waals surface area contributed by atoms with Crippen LogP contribution in [0.3, 0.4) is 0 Å². The Morgan fingerprint density at radius 2 is 1.93 bits per heavy atom. The summed E-state index contributed by atoms with van der Waals surface area (Å²) in [6, 6.07) is 15.9. The van der Waals surface area contributed by atoms with Crippen molar-refractivity contribution in [3.05, 3.63) is 77.2 Å². The van der Waals surface area contributed by atoms with Crippen LogP contribution < -0.4 is 0 Å². The highest BCUT2D eigenvalue weighted by Gasteiger charge is 2.19. The molecule has 4 nitrogen and oxygen atoms in total. The quantitative estimate of drug-likeness (QED) is 0.587. The predicted octanol–water partition coefficient (Wildman–Crippen LogP) is 5.55. The summed E-state index contributed by atoms with van der Waals surface area (Å²) in [5.74, 6) is -0.0978. The highest BCUT2D eigenvalue weighted by molar-refractivity contribution is 5.93. The van der Waals surface area contributed by atoms with Crippen LogP contribution in [0.1, 0.15) is 54.0 Å². The second-order valence-electron chi connectivity index (χ2n) is 6.60. The average Bonchev–Trinajstić information content (AvgIpc) is 3.14. The van der Waals surface area contributed by atoms with Crippen LogP contribution >= 0.6 is 0 Å². The number of carbonyl (C=O) groups is 1. The number of H-pyrrole nitrogens is 1. The zero-order chi connectivity index (χ0) is 19.2. The number of hydrogen-bond donors (Lipinski definition) is 1. The van der Waals surface area contributed by atoms with E-state index in [1.54, 1.807) is 6.20 Å². The fourth-order valence-electron chi connectivity index (χ4n) is 2.91. The number of pyridine rings is 1. The first kappa shape index (κ1) is 18.6. The van der Waals surface area contributed by atoms with Crippen molar-refractivity contribution in [2.45, 2.75) is 26.7 Å². The lowest BCUT2D eigenvalue weighted by Crippen LogP contribution is -2.07. The topological polar surface area (TPSA) is 55.0 Å². The van der Waals surface area contributed by atoms with Crippen molar-refractivity contribution in [1.82, 2.24) is 9.97 Å². The highest BCUT2D eigenvalue weighted by Crippen LogP contribution is 2.27. The molecule has 0 aliphatic rings. The van der Waals surface area contributed by atoms with Gasteiger partial charge in [-0.1, -0.05) is 50.3 Å². The lowest BCUT2D eigenvalue weighted by Gasteiger charge is -2.06. The number of nitrogens with zero attached hydrogens (tertiary/aromatic N) is 1. The van der Waals surface area contributed by atoms with E-state index in [9.17, 15) is 4.79 Å². The van der Waals surface area contributed by atoms with Gasteiger partial charge in [0, 0.05) is 23.1 Å². The van der Waals surface area contributed by atoms with Gasteiger partial charge in [-0.2, -0.15) is 0 Å². The third kappa shape index (κ3) is 4.53. The predicted molar refractivity (Wildman–Crippen MR) is 109 cm³/mol. The van der Waals surface area contributed by atoms with Gasteiger partial charge in [0.25, 0.3) is 0 Å². The van der Waals surface area contributed by atoms with E-state index in [-0.39, 0.29) is 11.9 Å². The third-order valence-corrected chi connectivity index (χ3v) is 4.26. The summed E-state index contributed by atoms with van der Waals surface area (Å²) < 4.78 is 5.20. The number of rotatable bonds is 6. The van der Waals surface area contributed by atoms with E-state index in [1.165, 1.54) is 0 Å². The maximum absolute atomic E-state index is 12.3. The number of nitrogens with one attached hydrogen (secondary N) is 1. The Hall–Kier alpha value is -3.14. The van der Waals surface area contributed by atoms with E-state index in [2.05, 4.69) is 23.8 Å². The lowest BCUT2D eigenvalue weighted by molar-refractivity contribution is 0.0525. The van der Waals surface area contributed by atoms with Crippen LogP contribution in [0.25, 0.3) is 23.4 Å². The second kappa shape index (κ2) is 8.49. The lowest BCUT2D eigenvalue weighted by atomic mass is 10.1. The molecule has 2 aromatic heterocycles. The maximum atomic E-state index is 12.3. The fraction of sp³-hybridized carbons (Fsp3) is 0.217. The van der Waals surface area contributed by atoms with Crippen LogP contribution in [0.5, 0.6) is 0 Å². The van der Waals surface area contributed by atoms with Gasteiger partial charge in [0.15, 0.2) is 0 Å². The van der Waals surface area contributed by atoms with Crippen molar-refractivity contribution in [3.8, 4) is 11.3 Å². The standard InChI is InChI=1S/C23H24N2O2/c1-4-27-23(26)20-15-21(25-22(20)16(2)3)18-12-13-24-19(14-18)11-10-17-8-6-5-7-9-17/h5-16,25H,4H2,1-3H3. The first-order valence-corrected chi connectivity index (χ1v) is 9.18. The molecule has 0 aliphatic heterocycles. The molecule has 4 heteroatoms. The van der Waals surface area contributed by atoms with Gasteiger partial charge in [-0.05, 0) is 42.7 Å². The maximum Gasteiger partial charge on any atom is 0.339 e. The molecular formula is C23H24N2O2. The molecule has 0 saturated heterocycles. The molecule has 0 saturated carbocycles. The molecule has 2 heterocycles. The molecule has 0 unspecified atom stereocenters. The number of esters is 1. The van der Waals surface area contributed by atoms with Crippen molar-refractivity contribution >= 4 is 18.1 Å². The molecule has 3 rings (SSSR count). The van der Waals surface area contributed by atoms with Crippen LogP contribution in [0.2, 0.25) is 0 Å². The average molecular weight is 360 g/mol. The number of ether oxygens (including phenoxy) is 1. The molecular weight excluding hydrogens is 336 g/mol. The van der Waals surface area contributed by atoms with Crippen LogP contribution in [0, 0.1) is 0 Å². The fourth-order valence-corrected chi connectivity index (χ4v) is 2.91. The molecule has 0 amide bonds. The molecule has 0 radical (unpaired) electrons. The van der Waals surface area contributed by atoms with Crippen molar-refractivity contribution < 1.29 is 9.53 Å². The van der Waals surface area contributed by atoms with Gasteiger partial charge in [0.1, 0.15) is 0 Å². The molecule has 0 bridgehead atoms. The molecule has 0 fully saturated rings. The Morgan fingerprint density at radius 1 is 1.15 bits per heavy atom. The van der Waals surface area contributed by atoms with E-state index < -0.39 is 0 Å². The first-order chi connectivity index (χ1) is 13.1. The summed E-state index contributed by atoms with van der Waals surface area (Å²) >= 11 is 0. The molecule has 3 aromatic rings. The Labute approximate surface area is 159 Å². The highest BCUT2D eigenvalue weighted by atomic mass is 16.5. The Balaban J connectivity index is 1.91. The van der Waals surface area contributed by atoms with Crippen LogP contribution in [0.15, 0.2) is 54.7 Å². The zero-order valence-electron chi connectivity index (χ0n) is 15.9. The van der Waals surface area contributed by atoms with E-state index in [4.69, 9.17) is 4.74 Å². The minimum absolute atomic E-state index is 0.192. The summed E-state index contributed by atoms with van der Waals surface area (Å²) in [4.78, 5) is 20.1. The number of benzene rings is 1. The van der Waals surface area contributed by atoms with Gasteiger partial charge in [-0.3, -0.25) is 4.98 Å². The Bertz CT molecular complexity index is 940. The number of aromatic nitrogens is 2. The van der Waals surface area contributed by atoms with Gasteiger partial charge in [-0.25, -0.2) is 4.79 Å². The Kier molecular flexibility index (Phi) is 5.87. The molecule has 138 valence electrons. The molecule has 27 heavy (non-hydrogen) atoms. The molecule has 0 spiro atoms. The summed E-state index contributed by atoms with van der Waals surface area (Å²) in [5, 5.41) is 0. The third-order valence-electron chi connectivity index (χ3n) is 4.26.